The maximum absolute atomic E-state index is 16.1. The van der Waals surface area contributed by atoms with E-state index in [9.17, 15) is 6.57 Å². The third-order valence-corrected chi connectivity index (χ3v) is 17.1. The number of fused-ring (bicyclic) bond motifs is 6. The molecule has 0 bridgehead atoms. The molecule has 0 saturated heterocycles. The average molecular weight is 1160 g/mol. The summed E-state index contributed by atoms with van der Waals surface area (Å²) in [5.41, 5.74) is 20.2. The summed E-state index contributed by atoms with van der Waals surface area (Å²) in [5.74, 6) is -1.47. The molecule has 7 nitrogen and oxygen atoms in total. The summed E-state index contributed by atoms with van der Waals surface area (Å²) in [5, 5.41) is 3.78. The molecule has 0 aliphatic carbocycles. The van der Waals surface area contributed by atoms with Crippen LogP contribution in [0.3, 0.4) is 0 Å². The van der Waals surface area contributed by atoms with Crippen LogP contribution in [-0.4, -0.2) is 29.1 Å². The minimum atomic E-state index is -0.735. The third-order valence-electron chi connectivity index (χ3n) is 17.1. The van der Waals surface area contributed by atoms with Crippen LogP contribution in [-0.2, 0) is 0 Å². The van der Waals surface area contributed by atoms with Crippen molar-refractivity contribution in [2.75, 3.05) is 0 Å². The van der Waals surface area contributed by atoms with Gasteiger partial charge in [0.2, 0.25) is 5.69 Å². The summed E-state index contributed by atoms with van der Waals surface area (Å²) < 4.78 is 36.5. The second-order valence-electron chi connectivity index (χ2n) is 22.4. The molecule has 16 rings (SSSR count). The van der Waals surface area contributed by atoms with Gasteiger partial charge >= 0.3 is 0 Å². The lowest BCUT2D eigenvalue weighted by atomic mass is 10.00. The van der Waals surface area contributed by atoms with Gasteiger partial charge in [-0.15, -0.1) is 0 Å². The topological polar surface area (TPSA) is 65.8 Å². The Morgan fingerprint density at radius 1 is 0.267 bits per heavy atom. The fourth-order valence-corrected chi connectivity index (χ4v) is 12.6. The maximum Gasteiger partial charge on any atom is 0.212 e. The fraction of sp³-hybridized carbons (Fsp3) is 0. The highest BCUT2D eigenvalue weighted by Gasteiger charge is 2.25. The van der Waals surface area contributed by atoms with Crippen molar-refractivity contribution in [2.45, 2.75) is 0 Å². The van der Waals surface area contributed by atoms with Crippen molar-refractivity contribution in [3.63, 3.8) is 0 Å². The van der Waals surface area contributed by atoms with Gasteiger partial charge in [0.15, 0.2) is 0 Å². The van der Waals surface area contributed by atoms with Crippen LogP contribution in [0, 0.1) is 18.2 Å². The molecule has 6 heterocycles. The van der Waals surface area contributed by atoms with Crippen LogP contribution in [0.2, 0.25) is 0 Å². The first-order chi connectivity index (χ1) is 44.3. The molecule has 0 N–H and O–H groups in total. The molecule has 10 aromatic carbocycles. The first kappa shape index (κ1) is 53.2. The Balaban J connectivity index is 0.940. The molecule has 0 radical (unpaired) electrons. The average Bonchev–Trinajstić information content (AvgIpc) is 1.57. The lowest BCUT2D eigenvalue weighted by molar-refractivity contribution is 0.584. The summed E-state index contributed by atoms with van der Waals surface area (Å²) in [6.45, 7) is 9.23. The van der Waals surface area contributed by atoms with Gasteiger partial charge in [-0.3, -0.25) is 19.9 Å². The van der Waals surface area contributed by atoms with Gasteiger partial charge in [-0.1, -0.05) is 194 Å². The second-order valence-corrected chi connectivity index (χ2v) is 22.4. The van der Waals surface area contributed by atoms with Crippen LogP contribution < -0.4 is 0 Å². The Kier molecular flexibility index (Phi) is 13.2. The van der Waals surface area contributed by atoms with Gasteiger partial charge in [-0.25, -0.2) is 13.6 Å². The summed E-state index contributed by atoms with van der Waals surface area (Å²) in [6.07, 6.45) is 7.57. The minimum absolute atomic E-state index is 0.292. The number of rotatable bonds is 11. The SMILES string of the molecule is [C-]#[N+]c1cc(-n2c3cc(-c4ccc(-c5ccccc5)nc4)ccc3c3ccc(-c4ccc(-c5ccccc5)nc4)cc32)c(-c2cc(F)cc(F)c2)cc1-n1c2cc(-c3ccc(-c4ccccc4)nc3)ccc2c2ccc(-c3ccc(-c4ccccc4)nc3)cc21. The lowest BCUT2D eigenvalue weighted by Gasteiger charge is -2.20. The Bertz CT molecular complexity index is 5150. The Morgan fingerprint density at radius 2 is 0.567 bits per heavy atom. The van der Waals surface area contributed by atoms with Gasteiger partial charge in [0.05, 0.1) is 57.1 Å². The number of aromatic nitrogens is 6. The molecular formula is C81H49F2N7. The molecule has 9 heteroatoms. The monoisotopic (exact) mass is 1160 g/mol. The van der Waals surface area contributed by atoms with Gasteiger partial charge in [0.25, 0.3) is 0 Å². The van der Waals surface area contributed by atoms with Crippen LogP contribution in [0.4, 0.5) is 14.5 Å². The molecule has 0 amide bonds. The highest BCUT2D eigenvalue weighted by molar-refractivity contribution is 6.14. The molecule has 6 aromatic heterocycles. The van der Waals surface area contributed by atoms with Crippen LogP contribution in [0.15, 0.2) is 298 Å². The zero-order valence-corrected chi connectivity index (χ0v) is 48.2. The second kappa shape index (κ2) is 22.2. The van der Waals surface area contributed by atoms with E-state index in [1.165, 1.54) is 12.1 Å². The summed E-state index contributed by atoms with van der Waals surface area (Å²) in [6, 6.07) is 89.8. The van der Waals surface area contributed by atoms with E-state index in [0.717, 1.165) is 139 Å². The normalized spacial score (nSPS) is 11.4. The van der Waals surface area contributed by atoms with Gasteiger partial charge < -0.3 is 9.13 Å². The summed E-state index contributed by atoms with van der Waals surface area (Å²) in [7, 11) is 0. The quantitative estimate of drug-likeness (QED) is 0.121. The van der Waals surface area contributed by atoms with Crippen molar-refractivity contribution in [3.8, 4) is 112 Å². The van der Waals surface area contributed by atoms with E-state index in [2.05, 4.69) is 111 Å². The van der Waals surface area contributed by atoms with Crippen molar-refractivity contribution < 1.29 is 8.78 Å². The lowest BCUT2D eigenvalue weighted by Crippen LogP contribution is -2.02. The van der Waals surface area contributed by atoms with Gasteiger partial charge in [0, 0.05) is 108 Å². The van der Waals surface area contributed by atoms with Gasteiger partial charge in [0.1, 0.15) is 11.6 Å². The number of halogens is 2. The predicted octanol–water partition coefficient (Wildman–Crippen LogP) is 21.3. The minimum Gasteiger partial charge on any atom is -0.319 e. The van der Waals surface area contributed by atoms with E-state index in [1.54, 1.807) is 0 Å². The standard InChI is InChI=1S/C81H49F2N7/c1-84-75-46-80(89-76-40-55(59-26-34-71(85-47-59)51-14-6-2-7-15-51)22-30-66(76)67-31-23-56(41-77(67)89)60-27-35-72(86-48-60)52-16-8-3-9-17-52)70(63-38-64(82)44-65(83)39-63)45-81(75)90-78-42-57(61-28-36-73(87-49-61)53-18-10-4-11-19-53)24-32-68(78)69-33-25-58(43-79(69)90)62-29-37-74(88-50-62)54-20-12-5-13-21-54/h2-50H. The van der Waals surface area contributed by atoms with Crippen molar-refractivity contribution in [3.05, 3.63) is 321 Å². The number of hydrogen-bond donors (Lipinski definition) is 0. The van der Waals surface area contributed by atoms with Crippen LogP contribution in [0.1, 0.15) is 0 Å². The Morgan fingerprint density at radius 3 is 0.856 bits per heavy atom. The zero-order chi connectivity index (χ0) is 60.2. The van der Waals surface area contributed by atoms with E-state index in [0.29, 0.717) is 28.2 Å². The maximum atomic E-state index is 16.1. The highest BCUT2D eigenvalue weighted by atomic mass is 19.1. The van der Waals surface area contributed by atoms with E-state index < -0.39 is 11.6 Å². The summed E-state index contributed by atoms with van der Waals surface area (Å²) >= 11 is 0. The van der Waals surface area contributed by atoms with Crippen molar-refractivity contribution in [1.29, 1.82) is 0 Å². The van der Waals surface area contributed by atoms with Crippen LogP contribution in [0.5, 0.6) is 0 Å². The zero-order valence-electron chi connectivity index (χ0n) is 48.2. The van der Waals surface area contributed by atoms with Crippen LogP contribution in [0.25, 0.3) is 160 Å². The van der Waals surface area contributed by atoms with Crippen molar-refractivity contribution in [2.24, 2.45) is 0 Å². The molecule has 90 heavy (non-hydrogen) atoms. The highest BCUT2D eigenvalue weighted by Crippen LogP contribution is 2.46. The summed E-state index contributed by atoms with van der Waals surface area (Å²) in [4.78, 5) is 24.1. The number of nitrogens with zero attached hydrogens (tertiary/aromatic N) is 7. The number of hydrogen-bond acceptors (Lipinski definition) is 4. The van der Waals surface area contributed by atoms with E-state index >= 15 is 8.78 Å². The molecule has 0 aliphatic heterocycles. The Labute approximate surface area is 517 Å². The Hall–Kier alpha value is -12.3. The smallest absolute Gasteiger partial charge is 0.212 e. The molecule has 0 atom stereocenters. The molecular weight excluding hydrogens is 1110 g/mol. The molecule has 0 saturated carbocycles. The number of pyridine rings is 4. The molecule has 0 unspecified atom stereocenters. The molecule has 16 aromatic rings. The van der Waals surface area contributed by atoms with E-state index in [1.807, 2.05) is 183 Å². The van der Waals surface area contributed by atoms with E-state index in [4.69, 9.17) is 19.9 Å². The molecule has 0 aliphatic rings. The first-order valence-electron chi connectivity index (χ1n) is 29.6. The fourth-order valence-electron chi connectivity index (χ4n) is 12.6. The van der Waals surface area contributed by atoms with Crippen LogP contribution >= 0.6 is 0 Å². The largest absolute Gasteiger partial charge is 0.319 e. The van der Waals surface area contributed by atoms with Gasteiger partial charge in [-0.05, 0) is 101 Å². The molecule has 0 fully saturated rings. The van der Waals surface area contributed by atoms with Crippen molar-refractivity contribution in [1.82, 2.24) is 29.1 Å². The predicted molar refractivity (Wildman–Crippen MR) is 361 cm³/mol. The third kappa shape index (κ3) is 9.62. The molecule has 422 valence electrons. The first-order valence-corrected chi connectivity index (χ1v) is 29.6. The van der Waals surface area contributed by atoms with Gasteiger partial charge in [-0.2, -0.15) is 0 Å². The number of benzene rings is 10. The van der Waals surface area contributed by atoms with E-state index in [-0.39, 0.29) is 0 Å². The van der Waals surface area contributed by atoms with Crippen molar-refractivity contribution >= 4 is 49.3 Å². The molecule has 0 spiro atoms.